The highest BCUT2D eigenvalue weighted by atomic mass is 35.5. The molecule has 0 saturated carbocycles. The summed E-state index contributed by atoms with van der Waals surface area (Å²) in [5.41, 5.74) is 1.75. The Morgan fingerprint density at radius 1 is 1.11 bits per heavy atom. The number of rotatable bonds is 4. The maximum Gasteiger partial charge on any atom is 0.338 e. The fourth-order valence-electron chi connectivity index (χ4n) is 3.25. The highest BCUT2D eigenvalue weighted by Gasteiger charge is 2.56. The molecule has 2 aliphatic rings. The van der Waals surface area contributed by atoms with Gasteiger partial charge in [0.1, 0.15) is 11.6 Å². The van der Waals surface area contributed by atoms with Crippen LogP contribution in [0.1, 0.15) is 22.8 Å². The van der Waals surface area contributed by atoms with Crippen molar-refractivity contribution < 1.29 is 24.0 Å². The number of amides is 2. The third kappa shape index (κ3) is 2.93. The molecule has 28 heavy (non-hydrogen) atoms. The molecule has 2 aliphatic heterocycles. The number of oxime groups is 1. The van der Waals surface area contributed by atoms with Crippen molar-refractivity contribution in [1.82, 2.24) is 0 Å². The summed E-state index contributed by atoms with van der Waals surface area (Å²) < 4.78 is 4.94. The zero-order valence-electron chi connectivity index (χ0n) is 14.8. The van der Waals surface area contributed by atoms with Gasteiger partial charge in [-0.1, -0.05) is 28.9 Å². The van der Waals surface area contributed by atoms with Crippen LogP contribution in [0, 0.1) is 5.92 Å². The van der Waals surface area contributed by atoms with Crippen LogP contribution in [0.25, 0.3) is 0 Å². The van der Waals surface area contributed by atoms with Gasteiger partial charge in [-0.25, -0.2) is 9.69 Å². The number of ether oxygens (including phenoxy) is 1. The van der Waals surface area contributed by atoms with Crippen LogP contribution in [0.2, 0.25) is 5.02 Å². The van der Waals surface area contributed by atoms with Crippen LogP contribution in [0.15, 0.2) is 53.7 Å². The fraction of sp³-hybridized carbons (Fsp3) is 0.200. The first-order valence-corrected chi connectivity index (χ1v) is 9.03. The first-order chi connectivity index (χ1) is 13.5. The van der Waals surface area contributed by atoms with Crippen LogP contribution >= 0.6 is 11.6 Å². The van der Waals surface area contributed by atoms with Crippen molar-refractivity contribution in [2.75, 3.05) is 11.5 Å². The number of imide groups is 1. The van der Waals surface area contributed by atoms with E-state index in [1.807, 2.05) is 0 Å². The third-order valence-corrected chi connectivity index (χ3v) is 4.84. The zero-order chi connectivity index (χ0) is 19.8. The molecule has 0 unspecified atom stereocenters. The van der Waals surface area contributed by atoms with Gasteiger partial charge in [0, 0.05) is 10.6 Å². The molecule has 0 radical (unpaired) electrons. The zero-order valence-corrected chi connectivity index (χ0v) is 15.6. The van der Waals surface area contributed by atoms with Crippen molar-refractivity contribution in [2.24, 2.45) is 11.1 Å². The predicted molar refractivity (Wildman–Crippen MR) is 101 cm³/mol. The molecule has 8 heteroatoms. The van der Waals surface area contributed by atoms with Crippen LogP contribution < -0.4 is 4.90 Å². The Morgan fingerprint density at radius 2 is 1.79 bits per heavy atom. The van der Waals surface area contributed by atoms with Crippen LogP contribution in [0.3, 0.4) is 0 Å². The highest BCUT2D eigenvalue weighted by Crippen LogP contribution is 2.35. The van der Waals surface area contributed by atoms with Gasteiger partial charge in [-0.15, -0.1) is 0 Å². The van der Waals surface area contributed by atoms with E-state index in [0.29, 0.717) is 27.5 Å². The molecular weight excluding hydrogens is 384 g/mol. The van der Waals surface area contributed by atoms with Gasteiger partial charge >= 0.3 is 5.97 Å². The minimum Gasteiger partial charge on any atom is -0.462 e. The number of carbonyl (C=O) groups excluding carboxylic acids is 3. The SMILES string of the molecule is CCOC(=O)c1ccc(N2C(=O)[C@@H]3C(c4ccc(Cl)cc4)=NO[C@H]3C2=O)cc1. The van der Waals surface area contributed by atoms with Crippen molar-refractivity contribution in [3.8, 4) is 0 Å². The van der Waals surface area contributed by atoms with Crippen molar-refractivity contribution >= 4 is 40.8 Å². The summed E-state index contributed by atoms with van der Waals surface area (Å²) in [4.78, 5) is 43.9. The van der Waals surface area contributed by atoms with E-state index in [9.17, 15) is 14.4 Å². The van der Waals surface area contributed by atoms with Crippen molar-refractivity contribution in [1.29, 1.82) is 0 Å². The lowest BCUT2D eigenvalue weighted by atomic mass is 9.94. The Hall–Kier alpha value is -3.19. The Kier molecular flexibility index (Phi) is 4.60. The first kappa shape index (κ1) is 18.2. The maximum absolute atomic E-state index is 13.0. The predicted octanol–water partition coefficient (Wildman–Crippen LogP) is 2.81. The van der Waals surface area contributed by atoms with E-state index < -0.39 is 29.8 Å². The molecule has 142 valence electrons. The summed E-state index contributed by atoms with van der Waals surface area (Å²) in [6.45, 7) is 1.98. The molecule has 0 aliphatic carbocycles. The number of nitrogens with zero attached hydrogens (tertiary/aromatic N) is 2. The van der Waals surface area contributed by atoms with Gasteiger partial charge in [-0.2, -0.15) is 0 Å². The smallest absolute Gasteiger partial charge is 0.338 e. The van der Waals surface area contributed by atoms with E-state index in [4.69, 9.17) is 21.2 Å². The van der Waals surface area contributed by atoms with E-state index in [1.54, 1.807) is 31.2 Å². The average Bonchev–Trinajstić information content (AvgIpc) is 3.23. The second-order valence-electron chi connectivity index (χ2n) is 6.27. The van der Waals surface area contributed by atoms with E-state index in [-0.39, 0.29) is 6.61 Å². The lowest BCUT2D eigenvalue weighted by Gasteiger charge is -2.15. The normalized spacial score (nSPS) is 20.6. The number of benzene rings is 2. The molecule has 2 heterocycles. The second-order valence-corrected chi connectivity index (χ2v) is 6.70. The van der Waals surface area contributed by atoms with Crippen LogP contribution in [-0.4, -0.2) is 36.2 Å². The Balaban J connectivity index is 1.60. The van der Waals surface area contributed by atoms with Gasteiger partial charge in [-0.3, -0.25) is 9.59 Å². The highest BCUT2D eigenvalue weighted by molar-refractivity contribution is 6.33. The summed E-state index contributed by atoms with van der Waals surface area (Å²) in [7, 11) is 0. The Labute approximate surface area is 165 Å². The largest absolute Gasteiger partial charge is 0.462 e. The summed E-state index contributed by atoms with van der Waals surface area (Å²) in [5.74, 6) is -2.21. The van der Waals surface area contributed by atoms with Gasteiger partial charge < -0.3 is 9.57 Å². The minimum atomic E-state index is -0.997. The van der Waals surface area contributed by atoms with E-state index in [1.165, 1.54) is 24.3 Å². The minimum absolute atomic E-state index is 0.261. The molecule has 0 spiro atoms. The molecule has 2 aromatic rings. The van der Waals surface area contributed by atoms with E-state index >= 15 is 0 Å². The summed E-state index contributed by atoms with van der Waals surface area (Å²) in [6.07, 6.45) is -0.997. The molecule has 4 rings (SSSR count). The standard InChI is InChI=1S/C20H15ClN2O5/c1-2-27-20(26)12-5-9-14(10-6-12)23-18(24)15-16(22-28-17(15)19(23)25)11-3-7-13(21)8-4-11/h3-10,15,17H,2H2,1H3/t15-,17-/m1/s1. The monoisotopic (exact) mass is 398 g/mol. The van der Waals surface area contributed by atoms with Crippen molar-refractivity contribution in [2.45, 2.75) is 13.0 Å². The average molecular weight is 399 g/mol. The van der Waals surface area contributed by atoms with Gasteiger partial charge in [0.2, 0.25) is 12.0 Å². The molecule has 0 N–H and O–H groups in total. The summed E-state index contributed by atoms with van der Waals surface area (Å²) in [5, 5.41) is 4.50. The Bertz CT molecular complexity index is 985. The molecule has 2 aromatic carbocycles. The summed E-state index contributed by atoms with van der Waals surface area (Å²) in [6, 6.07) is 12.9. The van der Waals surface area contributed by atoms with Crippen LogP contribution in [0.5, 0.6) is 0 Å². The number of hydrogen-bond donors (Lipinski definition) is 0. The van der Waals surface area contributed by atoms with Gasteiger partial charge in [0.15, 0.2) is 0 Å². The fourth-order valence-corrected chi connectivity index (χ4v) is 3.38. The quantitative estimate of drug-likeness (QED) is 0.584. The molecule has 2 amide bonds. The van der Waals surface area contributed by atoms with Crippen molar-refractivity contribution in [3.63, 3.8) is 0 Å². The lowest BCUT2D eigenvalue weighted by molar-refractivity contribution is -0.126. The van der Waals surface area contributed by atoms with Crippen LogP contribution in [-0.2, 0) is 19.2 Å². The van der Waals surface area contributed by atoms with Gasteiger partial charge in [0.25, 0.3) is 5.91 Å². The molecule has 1 fully saturated rings. The topological polar surface area (TPSA) is 85.3 Å². The van der Waals surface area contributed by atoms with E-state index in [0.717, 1.165) is 4.90 Å². The summed E-state index contributed by atoms with van der Waals surface area (Å²) >= 11 is 5.91. The van der Waals surface area contributed by atoms with E-state index in [2.05, 4.69) is 5.16 Å². The number of halogens is 1. The molecule has 0 bridgehead atoms. The first-order valence-electron chi connectivity index (χ1n) is 8.66. The second kappa shape index (κ2) is 7.09. The number of anilines is 1. The number of esters is 1. The number of carbonyl (C=O) groups is 3. The molecule has 1 saturated heterocycles. The van der Waals surface area contributed by atoms with Gasteiger partial charge in [-0.05, 0) is 43.3 Å². The van der Waals surface area contributed by atoms with Gasteiger partial charge in [0.05, 0.1) is 17.9 Å². The van der Waals surface area contributed by atoms with Crippen molar-refractivity contribution in [3.05, 3.63) is 64.7 Å². The molecule has 0 aromatic heterocycles. The Morgan fingerprint density at radius 3 is 2.43 bits per heavy atom. The number of fused-ring (bicyclic) bond motifs is 1. The number of hydrogen-bond acceptors (Lipinski definition) is 6. The van der Waals surface area contributed by atoms with Crippen LogP contribution in [0.4, 0.5) is 5.69 Å². The third-order valence-electron chi connectivity index (χ3n) is 4.59. The lowest BCUT2D eigenvalue weighted by Crippen LogP contribution is -2.33. The molecular formula is C20H15ClN2O5. The molecule has 7 nitrogen and oxygen atoms in total. The maximum atomic E-state index is 13.0. The molecule has 2 atom stereocenters.